The first-order valence-corrected chi connectivity index (χ1v) is 5.65. The summed E-state index contributed by atoms with van der Waals surface area (Å²) < 4.78 is 0. The van der Waals surface area contributed by atoms with Gasteiger partial charge in [0.15, 0.2) is 6.29 Å². The number of aromatic nitrogens is 1. The molecule has 2 heterocycles. The highest BCUT2D eigenvalue weighted by molar-refractivity contribution is 5.85. The van der Waals surface area contributed by atoms with Crippen LogP contribution in [0.25, 0.3) is 0 Å². The number of nitrogens with zero attached hydrogens (tertiary/aromatic N) is 2. The quantitative estimate of drug-likeness (QED) is 0.777. The Hall–Kier alpha value is -1.91. The van der Waals surface area contributed by atoms with Crippen LogP contribution in [0.15, 0.2) is 18.3 Å². The van der Waals surface area contributed by atoms with Crippen molar-refractivity contribution in [3.63, 3.8) is 0 Å². The van der Waals surface area contributed by atoms with Crippen LogP contribution < -0.4 is 10.2 Å². The fraction of sp³-hybridized carbons (Fsp3) is 0.417. The minimum atomic E-state index is -0.144. The topological polar surface area (TPSA) is 62.3 Å². The van der Waals surface area contributed by atoms with E-state index in [4.69, 9.17) is 0 Å². The van der Waals surface area contributed by atoms with E-state index in [1.807, 2.05) is 4.90 Å². The lowest BCUT2D eigenvalue weighted by molar-refractivity contribution is -0.121. The van der Waals surface area contributed by atoms with Crippen molar-refractivity contribution in [2.75, 3.05) is 18.5 Å². The third-order valence-electron chi connectivity index (χ3n) is 3.00. The monoisotopic (exact) mass is 233 g/mol. The number of amides is 1. The van der Waals surface area contributed by atoms with E-state index < -0.39 is 0 Å². The fourth-order valence-corrected chi connectivity index (χ4v) is 2.12. The summed E-state index contributed by atoms with van der Waals surface area (Å²) in [4.78, 5) is 28.4. The van der Waals surface area contributed by atoms with E-state index in [1.54, 1.807) is 19.2 Å². The Morgan fingerprint density at radius 1 is 1.59 bits per heavy atom. The van der Waals surface area contributed by atoms with Crippen LogP contribution in [0, 0.1) is 0 Å². The van der Waals surface area contributed by atoms with Gasteiger partial charge in [0.1, 0.15) is 11.9 Å². The number of nitrogens with one attached hydrogen (secondary N) is 1. The molecule has 1 aliphatic rings. The molecule has 0 aliphatic carbocycles. The highest BCUT2D eigenvalue weighted by atomic mass is 16.2. The molecule has 1 aliphatic heterocycles. The molecular weight excluding hydrogens is 218 g/mol. The van der Waals surface area contributed by atoms with Crippen LogP contribution in [0.5, 0.6) is 0 Å². The molecule has 0 saturated carbocycles. The Kier molecular flexibility index (Phi) is 3.37. The molecule has 1 fully saturated rings. The highest BCUT2D eigenvalue weighted by Gasteiger charge is 2.30. The first kappa shape index (κ1) is 11.6. The number of hydrogen-bond donors (Lipinski definition) is 1. The Morgan fingerprint density at radius 3 is 3.00 bits per heavy atom. The second-order valence-electron chi connectivity index (χ2n) is 4.03. The van der Waals surface area contributed by atoms with Gasteiger partial charge in [-0.2, -0.15) is 0 Å². The zero-order chi connectivity index (χ0) is 12.3. The molecule has 1 atom stereocenters. The second-order valence-corrected chi connectivity index (χ2v) is 4.03. The number of carbonyl (C=O) groups excluding carboxylic acids is 2. The van der Waals surface area contributed by atoms with Gasteiger partial charge in [-0.3, -0.25) is 9.59 Å². The standard InChI is InChI=1S/C12H15N3O2/c1-13-12(17)10-3-2-6-15(10)11-5-4-9(8-16)7-14-11/h4-5,7-8,10H,2-3,6H2,1H3,(H,13,17). The number of aldehydes is 1. The molecule has 17 heavy (non-hydrogen) atoms. The Bertz CT molecular complexity index is 416. The average molecular weight is 233 g/mol. The maximum atomic E-state index is 11.7. The molecule has 1 aromatic rings. The third-order valence-corrected chi connectivity index (χ3v) is 3.00. The average Bonchev–Trinajstić information content (AvgIpc) is 2.87. The number of likely N-dealkylation sites (N-methyl/N-ethyl adjacent to an activating group) is 1. The lowest BCUT2D eigenvalue weighted by atomic mass is 10.2. The van der Waals surface area contributed by atoms with Gasteiger partial charge >= 0.3 is 0 Å². The zero-order valence-electron chi connectivity index (χ0n) is 9.72. The van der Waals surface area contributed by atoms with Crippen molar-refractivity contribution < 1.29 is 9.59 Å². The largest absolute Gasteiger partial charge is 0.357 e. The van der Waals surface area contributed by atoms with Gasteiger partial charge in [-0.15, -0.1) is 0 Å². The number of pyridine rings is 1. The van der Waals surface area contributed by atoms with Crippen LogP contribution in [0.4, 0.5) is 5.82 Å². The summed E-state index contributed by atoms with van der Waals surface area (Å²) in [6, 6.07) is 3.36. The molecule has 1 saturated heterocycles. The smallest absolute Gasteiger partial charge is 0.242 e. The van der Waals surface area contributed by atoms with Crippen molar-refractivity contribution in [2.45, 2.75) is 18.9 Å². The lowest BCUT2D eigenvalue weighted by Gasteiger charge is -2.24. The normalized spacial score (nSPS) is 19.1. The lowest BCUT2D eigenvalue weighted by Crippen LogP contribution is -2.42. The van der Waals surface area contributed by atoms with Crippen LogP contribution >= 0.6 is 0 Å². The van der Waals surface area contributed by atoms with E-state index >= 15 is 0 Å². The summed E-state index contributed by atoms with van der Waals surface area (Å²) in [5.41, 5.74) is 0.546. The Balaban J connectivity index is 2.19. The molecule has 1 unspecified atom stereocenters. The van der Waals surface area contributed by atoms with Gasteiger partial charge in [0, 0.05) is 25.4 Å². The Labute approximate surface area is 99.8 Å². The Morgan fingerprint density at radius 2 is 2.41 bits per heavy atom. The summed E-state index contributed by atoms with van der Waals surface area (Å²) in [7, 11) is 1.64. The van der Waals surface area contributed by atoms with Crippen LogP contribution in [0.2, 0.25) is 0 Å². The molecule has 5 heteroatoms. The number of anilines is 1. The van der Waals surface area contributed by atoms with Gasteiger partial charge in [-0.05, 0) is 25.0 Å². The summed E-state index contributed by atoms with van der Waals surface area (Å²) >= 11 is 0. The van der Waals surface area contributed by atoms with Gasteiger partial charge in [0.05, 0.1) is 0 Å². The zero-order valence-corrected chi connectivity index (χ0v) is 9.72. The van der Waals surface area contributed by atoms with Gasteiger partial charge in [-0.1, -0.05) is 0 Å². The fourth-order valence-electron chi connectivity index (χ4n) is 2.12. The maximum absolute atomic E-state index is 11.7. The molecule has 0 radical (unpaired) electrons. The van der Waals surface area contributed by atoms with Crippen LogP contribution in [-0.4, -0.2) is 36.8 Å². The number of rotatable bonds is 3. The summed E-state index contributed by atoms with van der Waals surface area (Å²) in [6.07, 6.45) is 4.12. The van der Waals surface area contributed by atoms with E-state index in [2.05, 4.69) is 10.3 Å². The molecule has 1 N–H and O–H groups in total. The van der Waals surface area contributed by atoms with Crippen LogP contribution in [0.3, 0.4) is 0 Å². The van der Waals surface area contributed by atoms with Crippen molar-refractivity contribution in [1.29, 1.82) is 0 Å². The molecule has 5 nitrogen and oxygen atoms in total. The summed E-state index contributed by atoms with van der Waals surface area (Å²) in [6.45, 7) is 0.825. The van der Waals surface area contributed by atoms with Crippen LogP contribution in [0.1, 0.15) is 23.2 Å². The minimum absolute atomic E-state index is 0.0174. The van der Waals surface area contributed by atoms with Gasteiger partial charge in [-0.25, -0.2) is 4.98 Å². The van der Waals surface area contributed by atoms with E-state index in [9.17, 15) is 9.59 Å². The number of carbonyl (C=O) groups is 2. The minimum Gasteiger partial charge on any atom is -0.357 e. The van der Waals surface area contributed by atoms with Crippen molar-refractivity contribution in [2.24, 2.45) is 0 Å². The van der Waals surface area contributed by atoms with Gasteiger partial charge < -0.3 is 10.2 Å². The van der Waals surface area contributed by atoms with E-state index in [0.717, 1.165) is 31.5 Å². The van der Waals surface area contributed by atoms with E-state index in [-0.39, 0.29) is 11.9 Å². The first-order chi connectivity index (χ1) is 8.26. The summed E-state index contributed by atoms with van der Waals surface area (Å²) in [5, 5.41) is 2.66. The first-order valence-electron chi connectivity index (χ1n) is 5.65. The predicted octanol–water partition coefficient (Wildman–Crippen LogP) is 0.609. The SMILES string of the molecule is CNC(=O)C1CCCN1c1ccc(C=O)cn1. The highest BCUT2D eigenvalue weighted by Crippen LogP contribution is 2.23. The number of hydrogen-bond acceptors (Lipinski definition) is 4. The molecule has 0 bridgehead atoms. The molecule has 90 valence electrons. The molecule has 1 aromatic heterocycles. The molecular formula is C12H15N3O2. The van der Waals surface area contributed by atoms with Crippen molar-refractivity contribution in [1.82, 2.24) is 10.3 Å². The molecule has 2 rings (SSSR count). The van der Waals surface area contributed by atoms with Gasteiger partial charge in [0.25, 0.3) is 0 Å². The molecule has 0 aromatic carbocycles. The molecule has 1 amide bonds. The summed E-state index contributed by atoms with van der Waals surface area (Å²) in [5.74, 6) is 0.769. The second kappa shape index (κ2) is 4.95. The molecule has 0 spiro atoms. The maximum Gasteiger partial charge on any atom is 0.242 e. The van der Waals surface area contributed by atoms with Crippen molar-refractivity contribution >= 4 is 18.0 Å². The third kappa shape index (κ3) is 2.27. The van der Waals surface area contributed by atoms with Crippen molar-refractivity contribution in [3.05, 3.63) is 23.9 Å². The van der Waals surface area contributed by atoms with E-state index in [0.29, 0.717) is 5.56 Å². The predicted molar refractivity (Wildman–Crippen MR) is 64.1 cm³/mol. The van der Waals surface area contributed by atoms with Gasteiger partial charge in [0.2, 0.25) is 5.91 Å². The van der Waals surface area contributed by atoms with Crippen molar-refractivity contribution in [3.8, 4) is 0 Å². The van der Waals surface area contributed by atoms with E-state index in [1.165, 1.54) is 6.20 Å². The van der Waals surface area contributed by atoms with Crippen LogP contribution in [-0.2, 0) is 4.79 Å².